The summed E-state index contributed by atoms with van der Waals surface area (Å²) < 4.78 is 0. The molecule has 0 aliphatic heterocycles. The lowest BCUT2D eigenvalue weighted by Gasteiger charge is -1.96. The summed E-state index contributed by atoms with van der Waals surface area (Å²) in [6.07, 6.45) is 11.5. The summed E-state index contributed by atoms with van der Waals surface area (Å²) in [6, 6.07) is 0. The Kier molecular flexibility index (Phi) is 10.4. The Bertz CT molecular complexity index is 97.2. The highest BCUT2D eigenvalue weighted by Crippen LogP contribution is 2.05. The predicted octanol–water partition coefficient (Wildman–Crippen LogP) is 3.83. The van der Waals surface area contributed by atoms with Gasteiger partial charge < -0.3 is 0 Å². The van der Waals surface area contributed by atoms with Crippen LogP contribution in [0.1, 0.15) is 58.8 Å². The molecule has 0 aliphatic rings. The van der Waals surface area contributed by atoms with E-state index in [2.05, 4.69) is 25.1 Å². The molecule has 0 radical (unpaired) electrons. The summed E-state index contributed by atoms with van der Waals surface area (Å²) in [4.78, 5) is 4.18. The molecule has 0 aromatic carbocycles. The van der Waals surface area contributed by atoms with Gasteiger partial charge in [0.2, 0.25) is 0 Å². The van der Waals surface area contributed by atoms with Gasteiger partial charge in [0.1, 0.15) is 0 Å². The van der Waals surface area contributed by atoms with Crippen molar-refractivity contribution in [3.05, 3.63) is 0 Å². The van der Waals surface area contributed by atoms with Gasteiger partial charge in [-0.05, 0) is 26.0 Å². The summed E-state index contributed by atoms with van der Waals surface area (Å²) in [7, 11) is 0. The van der Waals surface area contributed by atoms with E-state index in [4.69, 9.17) is 0 Å². The van der Waals surface area contributed by atoms with Gasteiger partial charge in [0.25, 0.3) is 0 Å². The van der Waals surface area contributed by atoms with E-state index in [9.17, 15) is 0 Å². The van der Waals surface area contributed by atoms with E-state index in [1.54, 1.807) is 0 Å². The summed E-state index contributed by atoms with van der Waals surface area (Å²) in [6.45, 7) is 5.28. The summed E-state index contributed by atoms with van der Waals surface area (Å²) in [5.74, 6) is 0. The van der Waals surface area contributed by atoms with Gasteiger partial charge >= 0.3 is 0 Å². The maximum absolute atomic E-state index is 4.18. The topological polar surface area (TPSA) is 12.4 Å². The molecule has 0 fully saturated rings. The molecule has 0 saturated heterocycles. The average Bonchev–Trinajstić information content (AvgIpc) is 2.10. The maximum Gasteiger partial charge on any atom is 0.0357 e. The minimum Gasteiger partial charge on any atom is -0.298 e. The molecule has 0 aromatic rings. The first-order valence-corrected chi connectivity index (χ1v) is 5.40. The van der Waals surface area contributed by atoms with Gasteiger partial charge in [-0.15, -0.1) is 0 Å². The third-order valence-electron chi connectivity index (χ3n) is 2.00. The van der Waals surface area contributed by atoms with Crippen LogP contribution >= 0.6 is 0 Å². The highest BCUT2D eigenvalue weighted by atomic mass is 14.7. The quantitative estimate of drug-likeness (QED) is 0.387. The van der Waals surface area contributed by atoms with E-state index >= 15 is 0 Å². The molecule has 0 saturated carbocycles. The number of aliphatic imine (C=N–C) groups is 1. The first-order valence-electron chi connectivity index (χ1n) is 5.40. The van der Waals surface area contributed by atoms with Gasteiger partial charge in [-0.25, -0.2) is 0 Å². The second-order valence-electron chi connectivity index (χ2n) is 3.24. The normalized spacial score (nSPS) is 11.2. The average molecular weight is 169 g/mol. The Morgan fingerprint density at radius 1 is 0.917 bits per heavy atom. The van der Waals surface area contributed by atoms with Gasteiger partial charge in [-0.3, -0.25) is 4.99 Å². The number of hydrogen-bond acceptors (Lipinski definition) is 1. The first-order chi connectivity index (χ1) is 5.91. The van der Waals surface area contributed by atoms with E-state index < -0.39 is 0 Å². The molecule has 0 N–H and O–H groups in total. The van der Waals surface area contributed by atoms with Crippen molar-refractivity contribution in [2.75, 3.05) is 6.54 Å². The van der Waals surface area contributed by atoms with Crippen molar-refractivity contribution >= 4 is 6.21 Å². The zero-order valence-electron chi connectivity index (χ0n) is 8.68. The Balaban J connectivity index is 2.86. The fraction of sp³-hybridized carbons (Fsp3) is 0.909. The van der Waals surface area contributed by atoms with Gasteiger partial charge in [0, 0.05) is 6.54 Å². The Labute approximate surface area is 77.3 Å². The number of unbranched alkanes of at least 4 members (excludes halogenated alkanes) is 6. The minimum absolute atomic E-state index is 0.940. The molecule has 0 aromatic heterocycles. The van der Waals surface area contributed by atoms with E-state index in [1.807, 2.05) is 0 Å². The number of hydrogen-bond donors (Lipinski definition) is 0. The van der Waals surface area contributed by atoms with Gasteiger partial charge in [-0.2, -0.15) is 0 Å². The van der Waals surface area contributed by atoms with Crippen LogP contribution in [0.2, 0.25) is 0 Å². The van der Waals surface area contributed by atoms with E-state index in [-0.39, 0.29) is 0 Å². The molecule has 1 nitrogen and oxygen atoms in total. The van der Waals surface area contributed by atoms with Crippen LogP contribution in [0.5, 0.6) is 0 Å². The summed E-state index contributed by atoms with van der Waals surface area (Å²) in [5, 5.41) is 0. The van der Waals surface area contributed by atoms with Crippen LogP contribution in [0.15, 0.2) is 4.99 Å². The minimum atomic E-state index is 0.940. The molecular formula is C11H23N. The SMILES string of the molecule is CCCCCCCCC=NCC. The van der Waals surface area contributed by atoms with Crippen LogP contribution in [0, 0.1) is 0 Å². The van der Waals surface area contributed by atoms with Crippen LogP contribution in [-0.2, 0) is 0 Å². The van der Waals surface area contributed by atoms with Crippen LogP contribution in [-0.4, -0.2) is 12.8 Å². The molecule has 0 spiro atoms. The fourth-order valence-corrected chi connectivity index (χ4v) is 1.24. The second kappa shape index (κ2) is 10.7. The standard InChI is InChI=1S/C11H23N/c1-3-5-6-7-8-9-10-11-12-4-2/h11H,3-10H2,1-2H3. The smallest absolute Gasteiger partial charge is 0.0357 e. The van der Waals surface area contributed by atoms with Crippen LogP contribution in [0.4, 0.5) is 0 Å². The highest BCUT2D eigenvalue weighted by Gasteiger charge is 1.87. The van der Waals surface area contributed by atoms with Crippen molar-refractivity contribution in [3.63, 3.8) is 0 Å². The monoisotopic (exact) mass is 169 g/mol. The van der Waals surface area contributed by atoms with Crippen LogP contribution in [0.25, 0.3) is 0 Å². The van der Waals surface area contributed by atoms with E-state index in [0.29, 0.717) is 0 Å². The third-order valence-corrected chi connectivity index (χ3v) is 2.00. The zero-order chi connectivity index (χ0) is 9.07. The molecule has 12 heavy (non-hydrogen) atoms. The van der Waals surface area contributed by atoms with E-state index in [1.165, 1.54) is 44.9 Å². The number of nitrogens with zero attached hydrogens (tertiary/aromatic N) is 1. The lowest BCUT2D eigenvalue weighted by molar-refractivity contribution is 0.616. The molecule has 0 aliphatic carbocycles. The molecule has 0 unspecified atom stereocenters. The van der Waals surface area contributed by atoms with Crippen LogP contribution in [0.3, 0.4) is 0 Å². The van der Waals surface area contributed by atoms with Gasteiger partial charge in [0.15, 0.2) is 0 Å². The fourth-order valence-electron chi connectivity index (χ4n) is 1.24. The summed E-state index contributed by atoms with van der Waals surface area (Å²) in [5.41, 5.74) is 0. The Morgan fingerprint density at radius 2 is 1.58 bits per heavy atom. The zero-order valence-corrected chi connectivity index (χ0v) is 8.68. The van der Waals surface area contributed by atoms with Crippen molar-refractivity contribution in [3.8, 4) is 0 Å². The highest BCUT2D eigenvalue weighted by molar-refractivity contribution is 5.56. The van der Waals surface area contributed by atoms with E-state index in [0.717, 1.165) is 6.54 Å². The largest absolute Gasteiger partial charge is 0.298 e. The van der Waals surface area contributed by atoms with Crippen molar-refractivity contribution in [1.82, 2.24) is 0 Å². The molecule has 1 heteroatoms. The summed E-state index contributed by atoms with van der Waals surface area (Å²) >= 11 is 0. The molecular weight excluding hydrogens is 146 g/mol. The Morgan fingerprint density at radius 3 is 2.25 bits per heavy atom. The van der Waals surface area contributed by atoms with Crippen LogP contribution < -0.4 is 0 Å². The lowest BCUT2D eigenvalue weighted by atomic mass is 10.1. The lowest BCUT2D eigenvalue weighted by Crippen LogP contribution is -1.81. The third kappa shape index (κ3) is 9.67. The van der Waals surface area contributed by atoms with Gasteiger partial charge in [0.05, 0.1) is 0 Å². The Hall–Kier alpha value is -0.330. The number of rotatable bonds is 8. The van der Waals surface area contributed by atoms with Crippen molar-refractivity contribution < 1.29 is 0 Å². The molecule has 0 atom stereocenters. The first kappa shape index (κ1) is 11.7. The van der Waals surface area contributed by atoms with Gasteiger partial charge in [-0.1, -0.05) is 39.0 Å². The molecule has 0 heterocycles. The molecule has 0 bridgehead atoms. The van der Waals surface area contributed by atoms with Crippen molar-refractivity contribution in [1.29, 1.82) is 0 Å². The molecule has 0 rings (SSSR count). The van der Waals surface area contributed by atoms with Crippen molar-refractivity contribution in [2.45, 2.75) is 58.8 Å². The molecule has 72 valence electrons. The van der Waals surface area contributed by atoms with Crippen molar-refractivity contribution in [2.24, 2.45) is 4.99 Å². The maximum atomic E-state index is 4.18. The molecule has 0 amide bonds. The predicted molar refractivity (Wildman–Crippen MR) is 57.0 cm³/mol. The second-order valence-corrected chi connectivity index (χ2v) is 3.24.